The summed E-state index contributed by atoms with van der Waals surface area (Å²) in [5, 5.41) is 8.08. The largest absolute Gasteiger partial charge is 0.355 e. The van der Waals surface area contributed by atoms with Crippen LogP contribution in [0.25, 0.3) is 11.1 Å². The Labute approximate surface area is 174 Å². The van der Waals surface area contributed by atoms with Gasteiger partial charge in [0.2, 0.25) is 5.91 Å². The number of carbonyl (C=O) groups is 1. The topological polar surface area (TPSA) is 84.2 Å². The summed E-state index contributed by atoms with van der Waals surface area (Å²) >= 11 is 1.71. The molecule has 7 nitrogen and oxygen atoms in total. The minimum Gasteiger partial charge on any atom is -0.355 e. The summed E-state index contributed by atoms with van der Waals surface area (Å²) in [6, 6.07) is 8.29. The second kappa shape index (κ2) is 8.82. The Kier molecular flexibility index (Phi) is 5.99. The summed E-state index contributed by atoms with van der Waals surface area (Å²) in [5.41, 5.74) is 2.47. The molecule has 8 heteroatoms. The molecule has 2 aromatic heterocycles. The maximum atomic E-state index is 12.8. The van der Waals surface area contributed by atoms with Gasteiger partial charge in [-0.05, 0) is 43.2 Å². The number of benzene rings is 1. The number of aryl methyl sites for hydroxylation is 1. The summed E-state index contributed by atoms with van der Waals surface area (Å²) < 4.78 is 5.34. The predicted molar refractivity (Wildman–Crippen MR) is 114 cm³/mol. The van der Waals surface area contributed by atoms with Crippen LogP contribution in [0.3, 0.4) is 0 Å². The van der Waals surface area contributed by atoms with E-state index >= 15 is 0 Å². The average molecular weight is 412 g/mol. The molecule has 4 rings (SSSR count). The van der Waals surface area contributed by atoms with Gasteiger partial charge in [-0.1, -0.05) is 24.2 Å². The number of anilines is 1. The Morgan fingerprint density at radius 1 is 1.31 bits per heavy atom. The molecule has 1 unspecified atom stereocenters. The van der Waals surface area contributed by atoms with Gasteiger partial charge in [0.05, 0.1) is 11.6 Å². The molecule has 0 spiro atoms. The van der Waals surface area contributed by atoms with Crippen LogP contribution in [0.1, 0.15) is 31.0 Å². The van der Waals surface area contributed by atoms with Gasteiger partial charge in [-0.2, -0.15) is 4.98 Å². The number of rotatable bonds is 6. The Balaban J connectivity index is 1.44. The molecule has 3 aromatic rings. The zero-order valence-corrected chi connectivity index (χ0v) is 17.5. The third-order valence-corrected chi connectivity index (χ3v) is 6.12. The van der Waals surface area contributed by atoms with Crippen LogP contribution in [0, 0.1) is 5.92 Å². The van der Waals surface area contributed by atoms with E-state index < -0.39 is 0 Å². The van der Waals surface area contributed by atoms with Crippen molar-refractivity contribution in [1.29, 1.82) is 0 Å². The van der Waals surface area contributed by atoms with Crippen LogP contribution in [0.2, 0.25) is 0 Å². The number of amides is 1. The number of nitrogens with one attached hydrogen (secondary N) is 1. The van der Waals surface area contributed by atoms with Crippen molar-refractivity contribution in [2.75, 3.05) is 24.2 Å². The first-order valence-corrected chi connectivity index (χ1v) is 11.2. The van der Waals surface area contributed by atoms with E-state index in [2.05, 4.69) is 55.9 Å². The zero-order valence-electron chi connectivity index (χ0n) is 16.7. The standard InChI is InChI=1S/C21H25N5O2S/c1-3-17-18-19(23-13-24-21(18)28-25-17)26-10-4-5-15(12-26)20(27)22-11-14-6-8-16(29-2)9-7-14/h6-9,13,15H,3-5,10-12H2,1-2H3,(H,22,27). The molecular formula is C21H25N5O2S. The Morgan fingerprint density at radius 3 is 2.90 bits per heavy atom. The molecule has 29 heavy (non-hydrogen) atoms. The van der Waals surface area contributed by atoms with Crippen molar-refractivity contribution < 1.29 is 9.32 Å². The molecule has 1 amide bonds. The molecule has 1 atom stereocenters. The number of piperidine rings is 1. The lowest BCUT2D eigenvalue weighted by atomic mass is 9.96. The quantitative estimate of drug-likeness (QED) is 0.622. The highest BCUT2D eigenvalue weighted by Gasteiger charge is 2.28. The van der Waals surface area contributed by atoms with Crippen molar-refractivity contribution in [2.24, 2.45) is 5.92 Å². The summed E-state index contributed by atoms with van der Waals surface area (Å²) in [7, 11) is 0. The minimum absolute atomic E-state index is 0.0656. The maximum absolute atomic E-state index is 12.8. The van der Waals surface area contributed by atoms with E-state index in [0.717, 1.165) is 48.3 Å². The van der Waals surface area contributed by atoms with Gasteiger partial charge in [0.15, 0.2) is 0 Å². The number of hydrogen-bond donors (Lipinski definition) is 1. The molecule has 0 aliphatic carbocycles. The number of fused-ring (bicyclic) bond motifs is 1. The first-order chi connectivity index (χ1) is 14.2. The molecule has 1 saturated heterocycles. The third-order valence-electron chi connectivity index (χ3n) is 5.38. The lowest BCUT2D eigenvalue weighted by molar-refractivity contribution is -0.125. The van der Waals surface area contributed by atoms with Crippen LogP contribution in [-0.2, 0) is 17.8 Å². The van der Waals surface area contributed by atoms with Crippen LogP contribution in [0.15, 0.2) is 40.0 Å². The first-order valence-electron chi connectivity index (χ1n) is 9.94. The Hall–Kier alpha value is -2.61. The van der Waals surface area contributed by atoms with Crippen LogP contribution in [0.4, 0.5) is 5.82 Å². The van der Waals surface area contributed by atoms with Gasteiger partial charge in [-0.25, -0.2) is 4.98 Å². The molecule has 0 radical (unpaired) electrons. The van der Waals surface area contributed by atoms with Gasteiger partial charge >= 0.3 is 0 Å². The highest BCUT2D eigenvalue weighted by atomic mass is 32.2. The molecule has 1 N–H and O–H groups in total. The van der Waals surface area contributed by atoms with Crippen molar-refractivity contribution in [3.8, 4) is 0 Å². The van der Waals surface area contributed by atoms with Crippen molar-refractivity contribution >= 4 is 34.6 Å². The fourth-order valence-electron chi connectivity index (χ4n) is 3.77. The molecule has 1 aliphatic heterocycles. The summed E-state index contributed by atoms with van der Waals surface area (Å²) in [4.78, 5) is 24.9. The number of carbonyl (C=O) groups excluding carboxylic acids is 1. The fourth-order valence-corrected chi connectivity index (χ4v) is 4.18. The molecule has 0 saturated carbocycles. The van der Waals surface area contributed by atoms with Crippen molar-refractivity contribution in [3.05, 3.63) is 41.9 Å². The van der Waals surface area contributed by atoms with Crippen LogP contribution in [0.5, 0.6) is 0 Å². The number of nitrogens with zero attached hydrogens (tertiary/aromatic N) is 4. The second-order valence-electron chi connectivity index (χ2n) is 7.21. The van der Waals surface area contributed by atoms with Crippen molar-refractivity contribution in [3.63, 3.8) is 0 Å². The molecular weight excluding hydrogens is 386 g/mol. The van der Waals surface area contributed by atoms with Gasteiger partial charge in [0.1, 0.15) is 17.5 Å². The smallest absolute Gasteiger partial charge is 0.263 e. The maximum Gasteiger partial charge on any atom is 0.263 e. The monoisotopic (exact) mass is 411 g/mol. The molecule has 1 fully saturated rings. The van der Waals surface area contributed by atoms with Crippen molar-refractivity contribution in [1.82, 2.24) is 20.4 Å². The van der Waals surface area contributed by atoms with E-state index in [1.165, 1.54) is 11.2 Å². The van der Waals surface area contributed by atoms with Gasteiger partial charge in [-0.15, -0.1) is 11.8 Å². The van der Waals surface area contributed by atoms with E-state index in [1.54, 1.807) is 11.8 Å². The highest BCUT2D eigenvalue weighted by molar-refractivity contribution is 7.98. The van der Waals surface area contributed by atoms with Gasteiger partial charge < -0.3 is 14.7 Å². The van der Waals surface area contributed by atoms with E-state index in [9.17, 15) is 4.79 Å². The molecule has 3 heterocycles. The fraction of sp³-hybridized carbons (Fsp3) is 0.429. The van der Waals surface area contributed by atoms with Crippen LogP contribution < -0.4 is 10.2 Å². The van der Waals surface area contributed by atoms with Crippen molar-refractivity contribution in [2.45, 2.75) is 37.6 Å². The Morgan fingerprint density at radius 2 is 2.14 bits per heavy atom. The van der Waals surface area contributed by atoms with Crippen LogP contribution >= 0.6 is 11.8 Å². The number of hydrogen-bond acceptors (Lipinski definition) is 7. The Bertz CT molecular complexity index is 988. The molecule has 1 aromatic carbocycles. The van der Waals surface area contributed by atoms with E-state index in [-0.39, 0.29) is 11.8 Å². The first kappa shape index (κ1) is 19.7. The van der Waals surface area contributed by atoms with E-state index in [0.29, 0.717) is 18.8 Å². The highest BCUT2D eigenvalue weighted by Crippen LogP contribution is 2.30. The van der Waals surface area contributed by atoms with E-state index in [4.69, 9.17) is 4.52 Å². The minimum atomic E-state index is -0.0656. The lowest BCUT2D eigenvalue weighted by Crippen LogP contribution is -2.43. The normalized spacial score (nSPS) is 16.9. The number of aromatic nitrogens is 3. The molecule has 0 bridgehead atoms. The second-order valence-corrected chi connectivity index (χ2v) is 8.09. The van der Waals surface area contributed by atoms with Gasteiger partial charge in [0.25, 0.3) is 5.71 Å². The summed E-state index contributed by atoms with van der Waals surface area (Å²) in [6.07, 6.45) is 6.13. The SMILES string of the molecule is CCc1noc2ncnc(N3CCCC(C(=O)NCc4ccc(SC)cc4)C3)c12. The number of thioether (sulfide) groups is 1. The summed E-state index contributed by atoms with van der Waals surface area (Å²) in [6.45, 7) is 4.08. The van der Waals surface area contributed by atoms with Crippen LogP contribution in [-0.4, -0.2) is 40.4 Å². The van der Waals surface area contributed by atoms with E-state index in [1.807, 2.05) is 6.92 Å². The molecule has 1 aliphatic rings. The van der Waals surface area contributed by atoms with Gasteiger partial charge in [-0.3, -0.25) is 4.79 Å². The predicted octanol–water partition coefficient (Wildman–Crippen LogP) is 3.43. The summed E-state index contributed by atoms with van der Waals surface area (Å²) in [5.74, 6) is 0.845. The zero-order chi connectivity index (χ0) is 20.2. The average Bonchev–Trinajstić information content (AvgIpc) is 3.21. The van der Waals surface area contributed by atoms with Gasteiger partial charge in [0, 0.05) is 24.5 Å². The third kappa shape index (κ3) is 4.22. The molecule has 152 valence electrons. The lowest BCUT2D eigenvalue weighted by Gasteiger charge is -2.33.